The Morgan fingerprint density at radius 2 is 1.64 bits per heavy atom. The van der Waals surface area contributed by atoms with E-state index >= 15 is 0 Å². The van der Waals surface area contributed by atoms with Crippen molar-refractivity contribution in [1.29, 1.82) is 0 Å². The van der Waals surface area contributed by atoms with E-state index in [0.29, 0.717) is 0 Å². The molecule has 1 N–H and O–H groups in total. The Morgan fingerprint density at radius 1 is 1.00 bits per heavy atom. The molecule has 0 fully saturated rings. The van der Waals surface area contributed by atoms with Crippen molar-refractivity contribution in [3.8, 4) is 0 Å². The molecule has 2 aromatic rings. The quantitative estimate of drug-likeness (QED) is 0.801. The maximum atomic E-state index is 3.98. The second kappa shape index (κ2) is 7.54. The smallest absolute Gasteiger partial charge is 0.0592 e. The third-order valence-corrected chi connectivity index (χ3v) is 6.05. The van der Waals surface area contributed by atoms with Gasteiger partial charge >= 0.3 is 0 Å². The topological polar surface area (TPSA) is 12.0 Å². The van der Waals surface area contributed by atoms with Gasteiger partial charge in [-0.1, -0.05) is 62.4 Å². The van der Waals surface area contributed by atoms with E-state index in [0.717, 1.165) is 18.6 Å². The van der Waals surface area contributed by atoms with Gasteiger partial charge in [0.15, 0.2) is 0 Å². The van der Waals surface area contributed by atoms with Gasteiger partial charge < -0.3 is 0 Å². The summed E-state index contributed by atoms with van der Waals surface area (Å²) in [5.41, 5.74) is 2.99. The van der Waals surface area contributed by atoms with E-state index in [2.05, 4.69) is 73.8 Å². The average Bonchev–Trinajstić information content (AvgIpc) is 2.74. The first kappa shape index (κ1) is 17.4. The number of rotatable bonds is 3. The molecule has 3 heteroatoms. The standard InChI is InChI=1S/C19H23NS.ClH/c1-3-19(4-2)14-21-17-13-9-8-12-16(17)18(20-19)15-10-6-5-7-11-15;/h5-13,18,20H,3-4,14H2,1-2H3;1H. The number of benzene rings is 2. The number of nitrogens with one attached hydrogen (secondary N) is 1. The predicted molar refractivity (Wildman–Crippen MR) is 99.1 cm³/mol. The van der Waals surface area contributed by atoms with Gasteiger partial charge in [0, 0.05) is 16.2 Å². The van der Waals surface area contributed by atoms with Crippen LogP contribution in [0.2, 0.25) is 0 Å². The lowest BCUT2D eigenvalue weighted by Gasteiger charge is -2.35. The first-order chi connectivity index (χ1) is 10.3. The summed E-state index contributed by atoms with van der Waals surface area (Å²) in [5, 5.41) is 3.98. The molecule has 1 aliphatic rings. The molecule has 0 aliphatic carbocycles. The fourth-order valence-corrected chi connectivity index (χ4v) is 4.51. The summed E-state index contributed by atoms with van der Waals surface area (Å²) in [5.74, 6) is 1.14. The van der Waals surface area contributed by atoms with Gasteiger partial charge in [-0.3, -0.25) is 5.32 Å². The fraction of sp³-hybridized carbons (Fsp3) is 0.368. The van der Waals surface area contributed by atoms with Gasteiger partial charge in [0.05, 0.1) is 6.04 Å². The molecule has 0 amide bonds. The summed E-state index contributed by atoms with van der Waals surface area (Å²) in [6.07, 6.45) is 2.32. The lowest BCUT2D eigenvalue weighted by molar-refractivity contribution is 0.316. The van der Waals surface area contributed by atoms with E-state index in [9.17, 15) is 0 Å². The van der Waals surface area contributed by atoms with Crippen LogP contribution in [0.3, 0.4) is 0 Å². The number of hydrogen-bond acceptors (Lipinski definition) is 2. The zero-order valence-electron chi connectivity index (χ0n) is 13.2. The van der Waals surface area contributed by atoms with Crippen molar-refractivity contribution in [1.82, 2.24) is 5.32 Å². The monoisotopic (exact) mass is 333 g/mol. The van der Waals surface area contributed by atoms with Gasteiger partial charge in [-0.15, -0.1) is 24.2 Å². The molecule has 0 aromatic heterocycles. The highest BCUT2D eigenvalue weighted by Crippen LogP contribution is 2.39. The Kier molecular flexibility index (Phi) is 5.96. The van der Waals surface area contributed by atoms with Crippen molar-refractivity contribution in [2.75, 3.05) is 5.75 Å². The number of thioether (sulfide) groups is 1. The second-order valence-corrected chi connectivity index (χ2v) is 6.82. The van der Waals surface area contributed by atoms with Crippen LogP contribution in [0.5, 0.6) is 0 Å². The molecule has 0 bridgehead atoms. The molecule has 22 heavy (non-hydrogen) atoms. The van der Waals surface area contributed by atoms with Crippen LogP contribution in [0.1, 0.15) is 43.9 Å². The summed E-state index contributed by atoms with van der Waals surface area (Å²) in [6.45, 7) is 4.60. The van der Waals surface area contributed by atoms with Crippen LogP contribution in [0.4, 0.5) is 0 Å². The van der Waals surface area contributed by atoms with E-state index in [1.54, 1.807) is 0 Å². The van der Waals surface area contributed by atoms with Crippen molar-refractivity contribution >= 4 is 24.2 Å². The molecule has 3 rings (SSSR count). The van der Waals surface area contributed by atoms with Crippen molar-refractivity contribution in [3.63, 3.8) is 0 Å². The van der Waals surface area contributed by atoms with Crippen LogP contribution in [-0.2, 0) is 0 Å². The zero-order valence-corrected chi connectivity index (χ0v) is 14.8. The van der Waals surface area contributed by atoms with E-state index < -0.39 is 0 Å². The van der Waals surface area contributed by atoms with Crippen LogP contribution in [0, 0.1) is 0 Å². The van der Waals surface area contributed by atoms with Crippen LogP contribution in [0.25, 0.3) is 0 Å². The minimum absolute atomic E-state index is 0. The molecular formula is C19H24ClNS. The summed E-state index contributed by atoms with van der Waals surface area (Å²) < 4.78 is 0. The third kappa shape index (κ3) is 3.34. The Balaban J connectivity index is 0.00000176. The minimum atomic E-state index is 0. The van der Waals surface area contributed by atoms with Gasteiger partial charge in [-0.05, 0) is 30.0 Å². The van der Waals surface area contributed by atoms with E-state index in [4.69, 9.17) is 0 Å². The molecule has 1 unspecified atom stereocenters. The van der Waals surface area contributed by atoms with Crippen molar-refractivity contribution in [2.45, 2.75) is 43.2 Å². The van der Waals surface area contributed by atoms with Crippen LogP contribution < -0.4 is 5.32 Å². The molecule has 1 nitrogen and oxygen atoms in total. The molecule has 118 valence electrons. The Morgan fingerprint density at radius 3 is 2.32 bits per heavy atom. The van der Waals surface area contributed by atoms with Crippen molar-refractivity contribution in [3.05, 3.63) is 65.7 Å². The van der Waals surface area contributed by atoms with Gasteiger partial charge in [-0.2, -0.15) is 0 Å². The fourth-order valence-electron chi connectivity index (χ4n) is 3.06. The molecule has 1 heterocycles. The molecule has 0 radical (unpaired) electrons. The first-order valence-corrected chi connectivity index (χ1v) is 8.81. The number of hydrogen-bond donors (Lipinski definition) is 1. The zero-order chi connectivity index (χ0) is 14.7. The van der Waals surface area contributed by atoms with Crippen molar-refractivity contribution < 1.29 is 0 Å². The molecule has 0 saturated heterocycles. The summed E-state index contributed by atoms with van der Waals surface area (Å²) in [7, 11) is 0. The van der Waals surface area contributed by atoms with Crippen LogP contribution in [-0.4, -0.2) is 11.3 Å². The molecule has 2 aromatic carbocycles. The summed E-state index contributed by atoms with van der Waals surface area (Å²) in [6, 6.07) is 20.0. The van der Waals surface area contributed by atoms with Gasteiger partial charge in [-0.25, -0.2) is 0 Å². The lowest BCUT2D eigenvalue weighted by atomic mass is 9.90. The predicted octanol–water partition coefficient (Wildman–Crippen LogP) is 5.45. The second-order valence-electron chi connectivity index (χ2n) is 5.80. The SMILES string of the molecule is CCC1(CC)CSc2ccccc2C(c2ccccc2)N1.Cl. The van der Waals surface area contributed by atoms with Crippen molar-refractivity contribution in [2.24, 2.45) is 0 Å². The van der Waals surface area contributed by atoms with Crippen LogP contribution in [0.15, 0.2) is 59.5 Å². The van der Waals surface area contributed by atoms with Gasteiger partial charge in [0.1, 0.15) is 0 Å². The largest absolute Gasteiger partial charge is 0.300 e. The highest BCUT2D eigenvalue weighted by molar-refractivity contribution is 7.99. The molecular weight excluding hydrogens is 310 g/mol. The maximum absolute atomic E-state index is 3.98. The van der Waals surface area contributed by atoms with Gasteiger partial charge in [0.25, 0.3) is 0 Å². The highest BCUT2D eigenvalue weighted by atomic mass is 35.5. The first-order valence-electron chi connectivity index (χ1n) is 7.82. The minimum Gasteiger partial charge on any atom is -0.300 e. The van der Waals surface area contributed by atoms with E-state index in [1.807, 2.05) is 11.8 Å². The third-order valence-electron chi connectivity index (χ3n) is 4.67. The Labute approximate surface area is 144 Å². The summed E-state index contributed by atoms with van der Waals surface area (Å²) >= 11 is 2.00. The molecule has 1 aliphatic heterocycles. The van der Waals surface area contributed by atoms with E-state index in [1.165, 1.54) is 16.0 Å². The molecule has 1 atom stereocenters. The number of fused-ring (bicyclic) bond motifs is 1. The number of halogens is 1. The summed E-state index contributed by atoms with van der Waals surface area (Å²) in [4.78, 5) is 1.42. The molecule has 0 spiro atoms. The average molecular weight is 334 g/mol. The van der Waals surface area contributed by atoms with Gasteiger partial charge in [0.2, 0.25) is 0 Å². The Hall–Kier alpha value is -0.960. The highest BCUT2D eigenvalue weighted by Gasteiger charge is 2.34. The van der Waals surface area contributed by atoms with Crippen LogP contribution >= 0.6 is 24.2 Å². The lowest BCUT2D eigenvalue weighted by Crippen LogP contribution is -2.47. The molecule has 0 saturated carbocycles. The maximum Gasteiger partial charge on any atom is 0.0592 e. The van der Waals surface area contributed by atoms with E-state index in [-0.39, 0.29) is 24.0 Å². The normalized spacial score (nSPS) is 19.6. The Bertz CT molecular complexity index is 595.